The van der Waals surface area contributed by atoms with Crippen LogP contribution >= 0.6 is 23.2 Å². The molecule has 2 atom stereocenters. The third-order valence-corrected chi connectivity index (χ3v) is 7.39. The van der Waals surface area contributed by atoms with Gasteiger partial charge in [-0.25, -0.2) is 29.5 Å². The smallest absolute Gasteiger partial charge is 0.347 e. The zero-order valence-electron chi connectivity index (χ0n) is 28.6. The van der Waals surface area contributed by atoms with Gasteiger partial charge < -0.3 is 28.4 Å². The predicted molar refractivity (Wildman–Crippen MR) is 196 cm³/mol. The largest absolute Gasteiger partial charge is 0.479 e. The molecule has 2 heterocycles. The Kier molecular flexibility index (Phi) is 13.0. The molecular formula is C38H34Cl2N4O8. The van der Waals surface area contributed by atoms with Crippen molar-refractivity contribution in [3.63, 3.8) is 0 Å². The molecule has 6 aromatic rings. The van der Waals surface area contributed by atoms with Gasteiger partial charge in [-0.15, -0.1) is 0 Å². The Hall–Kier alpha value is -5.72. The van der Waals surface area contributed by atoms with E-state index >= 15 is 0 Å². The molecule has 0 bridgehead atoms. The molecule has 0 radical (unpaired) electrons. The number of carbonyl (C=O) groups is 2. The predicted octanol–water partition coefficient (Wildman–Crippen LogP) is 8.81. The normalized spacial score (nSPS) is 11.8. The van der Waals surface area contributed by atoms with Crippen LogP contribution in [0.4, 0.5) is 0 Å². The number of esters is 2. The van der Waals surface area contributed by atoms with Gasteiger partial charge in [0.15, 0.2) is 12.2 Å². The van der Waals surface area contributed by atoms with Gasteiger partial charge in [0.25, 0.3) is 0 Å². The number of benzene rings is 4. The molecule has 0 fully saturated rings. The van der Waals surface area contributed by atoms with Crippen molar-refractivity contribution in [2.45, 2.75) is 39.9 Å². The third kappa shape index (κ3) is 10.6. The van der Waals surface area contributed by atoms with Crippen molar-refractivity contribution in [1.82, 2.24) is 19.9 Å². The van der Waals surface area contributed by atoms with Crippen LogP contribution in [0.2, 0.25) is 10.0 Å². The summed E-state index contributed by atoms with van der Waals surface area (Å²) in [7, 11) is 0. The molecule has 0 aliphatic carbocycles. The van der Waals surface area contributed by atoms with Crippen LogP contribution in [0.1, 0.15) is 27.7 Å². The summed E-state index contributed by atoms with van der Waals surface area (Å²) in [6, 6.07) is 24.3. The first-order chi connectivity index (χ1) is 25.1. The van der Waals surface area contributed by atoms with Crippen LogP contribution in [0.5, 0.6) is 34.8 Å². The molecule has 0 saturated carbocycles. The second-order valence-corrected chi connectivity index (χ2v) is 11.7. The van der Waals surface area contributed by atoms with E-state index < -0.39 is 24.1 Å². The van der Waals surface area contributed by atoms with E-state index in [2.05, 4.69) is 19.9 Å². The van der Waals surface area contributed by atoms with Crippen LogP contribution in [0.3, 0.4) is 0 Å². The highest BCUT2D eigenvalue weighted by atomic mass is 35.5. The van der Waals surface area contributed by atoms with Gasteiger partial charge in [0, 0.05) is 10.0 Å². The van der Waals surface area contributed by atoms with E-state index in [9.17, 15) is 9.59 Å². The fourth-order valence-electron chi connectivity index (χ4n) is 4.47. The van der Waals surface area contributed by atoms with Crippen LogP contribution in [0.25, 0.3) is 22.1 Å². The summed E-state index contributed by atoms with van der Waals surface area (Å²) in [6.45, 7) is 7.41. The highest BCUT2D eigenvalue weighted by Crippen LogP contribution is 2.26. The molecule has 268 valence electrons. The fourth-order valence-corrected chi connectivity index (χ4v) is 4.80. The zero-order chi connectivity index (χ0) is 37.0. The minimum Gasteiger partial charge on any atom is -0.479 e. The quantitative estimate of drug-likeness (QED) is 0.111. The molecule has 0 spiro atoms. The van der Waals surface area contributed by atoms with Crippen molar-refractivity contribution >= 4 is 57.2 Å². The zero-order valence-corrected chi connectivity index (χ0v) is 30.1. The van der Waals surface area contributed by atoms with E-state index in [1.54, 1.807) is 113 Å². The summed E-state index contributed by atoms with van der Waals surface area (Å²) in [4.78, 5) is 40.5. The first-order valence-electron chi connectivity index (χ1n) is 16.2. The maximum absolute atomic E-state index is 11.6. The Morgan fingerprint density at radius 3 is 1.29 bits per heavy atom. The fraction of sp³-hybridized carbons (Fsp3) is 0.211. The van der Waals surface area contributed by atoms with E-state index in [4.69, 9.17) is 51.6 Å². The number of rotatable bonds is 12. The summed E-state index contributed by atoms with van der Waals surface area (Å²) >= 11 is 11.9. The van der Waals surface area contributed by atoms with Gasteiger partial charge in [0.2, 0.25) is 11.8 Å². The Morgan fingerprint density at radius 2 is 0.923 bits per heavy atom. The molecule has 0 N–H and O–H groups in total. The summed E-state index contributed by atoms with van der Waals surface area (Å²) in [5.74, 6) is 2.15. The van der Waals surface area contributed by atoms with Gasteiger partial charge in [-0.3, -0.25) is 0 Å². The summed E-state index contributed by atoms with van der Waals surface area (Å²) in [5, 5.41) is 1.21. The number of ether oxygens (including phenoxy) is 6. The maximum Gasteiger partial charge on any atom is 0.347 e. The number of carbonyl (C=O) groups excluding carboxylic acids is 2. The van der Waals surface area contributed by atoms with Crippen LogP contribution < -0.4 is 18.9 Å². The van der Waals surface area contributed by atoms with Gasteiger partial charge in [-0.05, 0) is 113 Å². The molecule has 14 heteroatoms. The number of fused-ring (bicyclic) bond motifs is 2. The molecule has 0 aliphatic rings. The van der Waals surface area contributed by atoms with Crippen LogP contribution in [0.15, 0.2) is 97.3 Å². The van der Waals surface area contributed by atoms with E-state index in [0.717, 1.165) is 0 Å². The molecule has 2 unspecified atom stereocenters. The molecule has 0 aliphatic heterocycles. The summed E-state index contributed by atoms with van der Waals surface area (Å²) in [5.41, 5.74) is 2.77. The van der Waals surface area contributed by atoms with Crippen molar-refractivity contribution in [3.05, 3.63) is 107 Å². The van der Waals surface area contributed by atoms with Crippen molar-refractivity contribution in [3.8, 4) is 34.8 Å². The lowest BCUT2D eigenvalue weighted by Gasteiger charge is -2.13. The first-order valence-corrected chi connectivity index (χ1v) is 16.9. The standard InChI is InChI=1S/2C19H17ClN2O4/c2*1-3-24-19(23)12(2)25-14-5-7-15(8-6-14)26-18-11-21-17-10-13(20)4-9-16(17)22-18/h2*4-12H,3H2,1-2H3. The Bertz CT molecular complexity index is 1980. The van der Waals surface area contributed by atoms with Crippen LogP contribution in [-0.4, -0.2) is 57.3 Å². The van der Waals surface area contributed by atoms with Gasteiger partial charge in [0.05, 0.1) is 47.7 Å². The average Bonchev–Trinajstić information content (AvgIpc) is 3.14. The summed E-state index contributed by atoms with van der Waals surface area (Å²) < 4.78 is 32.3. The molecule has 0 saturated heterocycles. The Balaban J connectivity index is 0.000000201. The van der Waals surface area contributed by atoms with Crippen LogP contribution in [0, 0.1) is 0 Å². The lowest BCUT2D eigenvalue weighted by molar-refractivity contribution is -0.151. The van der Waals surface area contributed by atoms with Crippen LogP contribution in [-0.2, 0) is 19.1 Å². The highest BCUT2D eigenvalue weighted by molar-refractivity contribution is 6.31. The Morgan fingerprint density at radius 1 is 0.558 bits per heavy atom. The summed E-state index contributed by atoms with van der Waals surface area (Å²) in [6.07, 6.45) is 1.71. The van der Waals surface area contributed by atoms with Crippen molar-refractivity contribution < 1.29 is 38.0 Å². The molecular weight excluding hydrogens is 711 g/mol. The lowest BCUT2D eigenvalue weighted by Crippen LogP contribution is -2.25. The minimum atomic E-state index is -0.681. The van der Waals surface area contributed by atoms with Gasteiger partial charge >= 0.3 is 11.9 Å². The lowest BCUT2D eigenvalue weighted by atomic mass is 10.3. The SMILES string of the molecule is CCOC(=O)C(C)Oc1ccc(Oc2cnc3cc(Cl)ccc3n2)cc1.CCOC(=O)C(C)Oc1ccc(Oc2cnc3cc(Cl)ccc3n2)cc1. The molecule has 6 rings (SSSR count). The number of hydrogen-bond acceptors (Lipinski definition) is 12. The first kappa shape index (κ1) is 37.5. The number of nitrogens with zero attached hydrogens (tertiary/aromatic N) is 4. The van der Waals surface area contributed by atoms with E-state index in [0.29, 0.717) is 80.1 Å². The maximum atomic E-state index is 11.6. The second-order valence-electron chi connectivity index (χ2n) is 10.9. The van der Waals surface area contributed by atoms with Gasteiger partial charge in [-0.1, -0.05) is 23.2 Å². The van der Waals surface area contributed by atoms with Crippen molar-refractivity contribution in [2.75, 3.05) is 13.2 Å². The molecule has 4 aromatic carbocycles. The number of aromatic nitrogens is 4. The van der Waals surface area contributed by atoms with Gasteiger partial charge in [-0.2, -0.15) is 0 Å². The average molecular weight is 746 g/mol. The monoisotopic (exact) mass is 744 g/mol. The van der Waals surface area contributed by atoms with Crippen molar-refractivity contribution in [2.24, 2.45) is 0 Å². The topological polar surface area (TPSA) is 141 Å². The van der Waals surface area contributed by atoms with Crippen molar-refractivity contribution in [1.29, 1.82) is 0 Å². The Labute approximate surface area is 309 Å². The van der Waals surface area contributed by atoms with Gasteiger partial charge in [0.1, 0.15) is 23.0 Å². The minimum absolute atomic E-state index is 0.318. The molecule has 2 aromatic heterocycles. The second kappa shape index (κ2) is 18.0. The molecule has 12 nitrogen and oxygen atoms in total. The highest BCUT2D eigenvalue weighted by Gasteiger charge is 2.17. The van der Waals surface area contributed by atoms with E-state index in [-0.39, 0.29) is 0 Å². The molecule has 0 amide bonds. The van der Waals surface area contributed by atoms with E-state index in [1.165, 1.54) is 12.4 Å². The number of hydrogen-bond donors (Lipinski definition) is 0. The number of halogens is 2. The van der Waals surface area contributed by atoms with E-state index in [1.807, 2.05) is 0 Å². The third-order valence-electron chi connectivity index (χ3n) is 6.92. The molecule has 52 heavy (non-hydrogen) atoms.